The van der Waals surface area contributed by atoms with Gasteiger partial charge in [0.05, 0.1) is 11.0 Å². The molecule has 0 radical (unpaired) electrons. The van der Waals surface area contributed by atoms with E-state index in [4.69, 9.17) is 11.5 Å². The van der Waals surface area contributed by atoms with Gasteiger partial charge in [0.25, 0.3) is 11.6 Å². The normalized spacial score (nSPS) is 11.5. The van der Waals surface area contributed by atoms with Crippen LogP contribution in [-0.2, 0) is 11.2 Å². The Morgan fingerprint density at radius 2 is 1.74 bits per heavy atom. The molecule has 0 aliphatic carbocycles. The second-order valence-corrected chi connectivity index (χ2v) is 6.91. The molecule has 0 aliphatic heterocycles. The zero-order chi connectivity index (χ0) is 22.4. The Labute approximate surface area is 178 Å². The van der Waals surface area contributed by atoms with Crippen LogP contribution in [0.2, 0.25) is 0 Å². The number of carbonyl (C=O) groups excluding carboxylic acids is 2. The van der Waals surface area contributed by atoms with Crippen LogP contribution in [0.25, 0.3) is 0 Å². The monoisotopic (exact) mass is 419 g/mol. The maximum Gasteiger partial charge on any atom is 0.269 e. The van der Waals surface area contributed by atoms with E-state index in [9.17, 15) is 19.7 Å². The van der Waals surface area contributed by atoms with E-state index in [-0.39, 0.29) is 23.8 Å². The third-order valence-corrected chi connectivity index (χ3v) is 4.73. The molecule has 31 heavy (non-hydrogen) atoms. The Morgan fingerprint density at radius 1 is 1.06 bits per heavy atom. The van der Waals surface area contributed by atoms with E-state index in [0.29, 0.717) is 29.1 Å². The molecule has 158 valence electrons. The van der Waals surface area contributed by atoms with Gasteiger partial charge in [0.15, 0.2) is 5.78 Å². The van der Waals surface area contributed by atoms with Gasteiger partial charge < -0.3 is 16.8 Å². The molecule has 1 heterocycles. The van der Waals surface area contributed by atoms with E-state index in [0.717, 1.165) is 5.56 Å². The highest BCUT2D eigenvalue weighted by Crippen LogP contribution is 2.18. The number of carbonyl (C=O) groups is 2. The number of anilines is 2. The predicted molar refractivity (Wildman–Crippen MR) is 116 cm³/mol. The molecule has 1 unspecified atom stereocenters. The highest BCUT2D eigenvalue weighted by atomic mass is 16.6. The first-order valence-electron chi connectivity index (χ1n) is 9.48. The zero-order valence-electron chi connectivity index (χ0n) is 16.5. The Morgan fingerprint density at radius 3 is 2.35 bits per heavy atom. The van der Waals surface area contributed by atoms with Gasteiger partial charge in [-0.3, -0.25) is 19.7 Å². The first kappa shape index (κ1) is 21.6. The standard InChI is InChI=1S/C22H21N5O4/c23-20-13-17(11-12-25-20)26-22(29)16-6-4-15(5-7-16)21(24)19(28)10-3-14-1-8-18(9-2-14)27(30)31/h1-2,4-9,11-13,21H,3,10,24H2,(H3,23,25,26,29). The number of nitro groups is 1. The maximum atomic E-state index is 12.5. The molecule has 0 fully saturated rings. The predicted octanol–water partition coefficient (Wildman–Crippen LogP) is 3.03. The summed E-state index contributed by atoms with van der Waals surface area (Å²) in [5.74, 6) is -0.190. The molecule has 1 aromatic heterocycles. The van der Waals surface area contributed by atoms with Crippen molar-refractivity contribution in [2.75, 3.05) is 11.1 Å². The number of nitrogens with one attached hydrogen (secondary N) is 1. The van der Waals surface area contributed by atoms with Crippen LogP contribution in [-0.4, -0.2) is 21.6 Å². The van der Waals surface area contributed by atoms with Crippen LogP contribution in [0.1, 0.15) is 33.9 Å². The van der Waals surface area contributed by atoms with E-state index >= 15 is 0 Å². The number of ketones is 1. The second-order valence-electron chi connectivity index (χ2n) is 6.91. The number of Topliss-reactive ketones (excluding diaryl/α,β-unsaturated/α-hetero) is 1. The quantitative estimate of drug-likeness (QED) is 0.374. The van der Waals surface area contributed by atoms with Crippen LogP contribution < -0.4 is 16.8 Å². The summed E-state index contributed by atoms with van der Waals surface area (Å²) in [6.07, 6.45) is 2.13. The molecule has 9 heteroatoms. The average Bonchev–Trinajstić information content (AvgIpc) is 2.77. The number of benzene rings is 2. The van der Waals surface area contributed by atoms with Gasteiger partial charge in [-0.15, -0.1) is 0 Å². The number of hydrogen-bond donors (Lipinski definition) is 3. The van der Waals surface area contributed by atoms with E-state index < -0.39 is 11.0 Å². The number of rotatable bonds is 8. The summed E-state index contributed by atoms with van der Waals surface area (Å²) in [7, 11) is 0. The number of nitro benzene ring substituents is 1. The minimum atomic E-state index is -0.824. The number of pyridine rings is 1. The molecular weight excluding hydrogens is 398 g/mol. The molecule has 9 nitrogen and oxygen atoms in total. The zero-order valence-corrected chi connectivity index (χ0v) is 16.5. The highest BCUT2D eigenvalue weighted by molar-refractivity contribution is 6.04. The molecule has 3 rings (SSSR count). The summed E-state index contributed by atoms with van der Waals surface area (Å²) < 4.78 is 0. The third-order valence-electron chi connectivity index (χ3n) is 4.73. The second kappa shape index (κ2) is 9.59. The molecule has 5 N–H and O–H groups in total. The van der Waals surface area contributed by atoms with Crippen molar-refractivity contribution in [3.63, 3.8) is 0 Å². The summed E-state index contributed by atoms with van der Waals surface area (Å²) in [6, 6.07) is 14.9. The molecule has 1 atom stereocenters. The van der Waals surface area contributed by atoms with Crippen molar-refractivity contribution in [1.29, 1.82) is 0 Å². The number of hydrogen-bond acceptors (Lipinski definition) is 7. The third kappa shape index (κ3) is 5.71. The Balaban J connectivity index is 1.57. The van der Waals surface area contributed by atoms with E-state index in [1.54, 1.807) is 48.5 Å². The summed E-state index contributed by atoms with van der Waals surface area (Å²) in [5, 5.41) is 13.4. The Bertz CT molecular complexity index is 1100. The number of amides is 1. The highest BCUT2D eigenvalue weighted by Gasteiger charge is 2.17. The van der Waals surface area contributed by atoms with Crippen molar-refractivity contribution in [3.8, 4) is 0 Å². The lowest BCUT2D eigenvalue weighted by molar-refractivity contribution is -0.384. The summed E-state index contributed by atoms with van der Waals surface area (Å²) in [5.41, 5.74) is 14.0. The van der Waals surface area contributed by atoms with Crippen LogP contribution in [0.5, 0.6) is 0 Å². The van der Waals surface area contributed by atoms with Gasteiger partial charge in [0.2, 0.25) is 0 Å². The number of non-ortho nitro benzene ring substituents is 1. The van der Waals surface area contributed by atoms with Crippen molar-refractivity contribution >= 4 is 28.9 Å². The molecule has 0 bridgehead atoms. The van der Waals surface area contributed by atoms with Gasteiger partial charge in [0.1, 0.15) is 5.82 Å². The van der Waals surface area contributed by atoms with Crippen LogP contribution in [0, 0.1) is 10.1 Å². The molecule has 0 aliphatic rings. The van der Waals surface area contributed by atoms with Crippen molar-refractivity contribution < 1.29 is 14.5 Å². The van der Waals surface area contributed by atoms with Crippen LogP contribution >= 0.6 is 0 Å². The topological polar surface area (TPSA) is 154 Å². The Hall–Kier alpha value is -4.11. The molecular formula is C22H21N5O4. The van der Waals surface area contributed by atoms with E-state index in [2.05, 4.69) is 10.3 Å². The molecule has 0 spiro atoms. The molecule has 1 amide bonds. The molecule has 2 aromatic carbocycles. The fourth-order valence-corrected chi connectivity index (χ4v) is 2.96. The largest absolute Gasteiger partial charge is 0.384 e. The van der Waals surface area contributed by atoms with E-state index in [1.807, 2.05) is 0 Å². The number of aromatic nitrogens is 1. The van der Waals surface area contributed by atoms with Gasteiger partial charge in [-0.2, -0.15) is 0 Å². The lowest BCUT2D eigenvalue weighted by Gasteiger charge is -2.12. The smallest absolute Gasteiger partial charge is 0.269 e. The fourth-order valence-electron chi connectivity index (χ4n) is 2.96. The van der Waals surface area contributed by atoms with Crippen molar-refractivity contribution in [2.45, 2.75) is 18.9 Å². The molecule has 0 saturated carbocycles. The van der Waals surface area contributed by atoms with Gasteiger partial charge >= 0.3 is 0 Å². The number of aryl methyl sites for hydroxylation is 1. The van der Waals surface area contributed by atoms with Crippen molar-refractivity contribution in [2.24, 2.45) is 5.73 Å². The minimum Gasteiger partial charge on any atom is -0.384 e. The Kier molecular flexibility index (Phi) is 6.68. The van der Waals surface area contributed by atoms with Gasteiger partial charge in [0, 0.05) is 42.1 Å². The van der Waals surface area contributed by atoms with Crippen molar-refractivity contribution in [3.05, 3.63) is 93.7 Å². The van der Waals surface area contributed by atoms with Gasteiger partial charge in [-0.1, -0.05) is 24.3 Å². The summed E-state index contributed by atoms with van der Waals surface area (Å²) in [4.78, 5) is 38.9. The molecule has 3 aromatic rings. The summed E-state index contributed by atoms with van der Waals surface area (Å²) >= 11 is 0. The first-order chi connectivity index (χ1) is 14.8. The maximum absolute atomic E-state index is 12.5. The number of nitrogens with zero attached hydrogens (tertiary/aromatic N) is 2. The minimum absolute atomic E-state index is 0.00306. The van der Waals surface area contributed by atoms with Gasteiger partial charge in [-0.25, -0.2) is 4.98 Å². The van der Waals surface area contributed by atoms with Crippen LogP contribution in [0.15, 0.2) is 66.9 Å². The average molecular weight is 419 g/mol. The lowest BCUT2D eigenvalue weighted by atomic mass is 9.97. The SMILES string of the molecule is Nc1cc(NC(=O)c2ccc(C(N)C(=O)CCc3ccc([N+](=O)[O-])cc3)cc2)ccn1. The van der Waals surface area contributed by atoms with Crippen molar-refractivity contribution in [1.82, 2.24) is 4.98 Å². The number of nitrogen functional groups attached to an aromatic ring is 1. The first-order valence-corrected chi connectivity index (χ1v) is 9.48. The number of nitrogens with two attached hydrogens (primary N) is 2. The van der Waals surface area contributed by atoms with E-state index in [1.165, 1.54) is 18.3 Å². The van der Waals surface area contributed by atoms with Crippen LogP contribution in [0.3, 0.4) is 0 Å². The van der Waals surface area contributed by atoms with Crippen LogP contribution in [0.4, 0.5) is 17.2 Å². The molecule has 0 saturated heterocycles. The fraction of sp³-hybridized carbons (Fsp3) is 0.136. The van der Waals surface area contributed by atoms with Gasteiger partial charge in [-0.05, 0) is 35.7 Å². The lowest BCUT2D eigenvalue weighted by Crippen LogP contribution is -2.22. The summed E-state index contributed by atoms with van der Waals surface area (Å²) in [6.45, 7) is 0.